The zero-order valence-electron chi connectivity index (χ0n) is 13.7. The van der Waals surface area contributed by atoms with Gasteiger partial charge in [0, 0.05) is 31.6 Å². The van der Waals surface area contributed by atoms with Gasteiger partial charge >= 0.3 is 0 Å². The van der Waals surface area contributed by atoms with E-state index in [0.29, 0.717) is 29.7 Å². The Labute approximate surface area is 136 Å². The number of nitrogens with zero attached hydrogens (tertiary/aromatic N) is 2. The molecule has 1 aromatic heterocycles. The van der Waals surface area contributed by atoms with E-state index in [9.17, 15) is 9.59 Å². The topological polar surface area (TPSA) is 53.8 Å². The van der Waals surface area contributed by atoms with Crippen LogP contribution in [0, 0.1) is 18.8 Å². The average molecular weight is 316 g/mol. The minimum Gasteiger partial charge on any atom is -0.469 e. The largest absolute Gasteiger partial charge is 0.469 e. The maximum Gasteiger partial charge on any atom is 0.257 e. The zero-order valence-corrected chi connectivity index (χ0v) is 13.7. The van der Waals surface area contributed by atoms with Crippen molar-refractivity contribution in [2.24, 2.45) is 11.8 Å². The van der Waals surface area contributed by atoms with Gasteiger partial charge in [0.15, 0.2) is 0 Å². The molecule has 2 bridgehead atoms. The minimum absolute atomic E-state index is 0.0592. The summed E-state index contributed by atoms with van der Waals surface area (Å²) in [5, 5.41) is 0. The summed E-state index contributed by atoms with van der Waals surface area (Å²) in [6.07, 6.45) is 6.96. The number of furan rings is 1. The molecule has 1 saturated carbocycles. The smallest absolute Gasteiger partial charge is 0.257 e. The Hall–Kier alpha value is -1.78. The molecule has 1 aromatic rings. The molecule has 2 amide bonds. The molecule has 3 saturated heterocycles. The van der Waals surface area contributed by atoms with E-state index in [2.05, 4.69) is 0 Å². The Balaban J connectivity index is 1.52. The number of hydrogen-bond donors (Lipinski definition) is 0. The van der Waals surface area contributed by atoms with Gasteiger partial charge in [0.25, 0.3) is 5.91 Å². The van der Waals surface area contributed by atoms with Crippen LogP contribution in [0.4, 0.5) is 0 Å². The summed E-state index contributed by atoms with van der Waals surface area (Å²) in [5.74, 6) is 1.71. The van der Waals surface area contributed by atoms with Crippen molar-refractivity contribution >= 4 is 11.8 Å². The number of hydrogen-bond acceptors (Lipinski definition) is 3. The van der Waals surface area contributed by atoms with Crippen molar-refractivity contribution in [2.45, 2.75) is 45.1 Å². The van der Waals surface area contributed by atoms with Crippen LogP contribution in [0.1, 0.15) is 48.2 Å². The van der Waals surface area contributed by atoms with Gasteiger partial charge < -0.3 is 14.2 Å². The number of piperidine rings is 1. The molecule has 1 aliphatic carbocycles. The Morgan fingerprint density at radius 3 is 2.61 bits per heavy atom. The van der Waals surface area contributed by atoms with Crippen molar-refractivity contribution in [3.63, 3.8) is 0 Å². The van der Waals surface area contributed by atoms with Crippen molar-refractivity contribution in [3.8, 4) is 0 Å². The highest BCUT2D eigenvalue weighted by Gasteiger charge is 2.41. The maximum absolute atomic E-state index is 12.9. The van der Waals surface area contributed by atoms with E-state index < -0.39 is 0 Å². The maximum atomic E-state index is 12.9. The summed E-state index contributed by atoms with van der Waals surface area (Å²) >= 11 is 0. The number of fused-ring (bicyclic) bond motifs is 4. The third-order valence-electron chi connectivity index (χ3n) is 5.83. The predicted molar refractivity (Wildman–Crippen MR) is 84.9 cm³/mol. The van der Waals surface area contributed by atoms with Crippen molar-refractivity contribution in [2.75, 3.05) is 19.6 Å². The van der Waals surface area contributed by atoms with E-state index in [0.717, 1.165) is 38.8 Å². The van der Waals surface area contributed by atoms with Crippen LogP contribution in [0.5, 0.6) is 0 Å². The lowest BCUT2D eigenvalue weighted by atomic mass is 9.84. The second-order valence-corrected chi connectivity index (χ2v) is 7.32. The third-order valence-corrected chi connectivity index (χ3v) is 5.83. The van der Waals surface area contributed by atoms with Gasteiger partial charge in [0.1, 0.15) is 5.76 Å². The summed E-state index contributed by atoms with van der Waals surface area (Å²) in [6.45, 7) is 4.12. The predicted octanol–water partition coefficient (Wildman–Crippen LogP) is 2.45. The van der Waals surface area contributed by atoms with Crippen LogP contribution in [-0.2, 0) is 4.79 Å². The van der Waals surface area contributed by atoms with Crippen LogP contribution >= 0.6 is 0 Å². The molecule has 124 valence electrons. The first-order valence-electron chi connectivity index (χ1n) is 8.77. The summed E-state index contributed by atoms with van der Waals surface area (Å²) in [4.78, 5) is 29.5. The zero-order chi connectivity index (χ0) is 16.0. The normalized spacial score (nSPS) is 27.7. The average Bonchev–Trinajstić information content (AvgIpc) is 2.72. The third kappa shape index (κ3) is 2.56. The highest BCUT2D eigenvalue weighted by molar-refractivity contribution is 5.95. The molecule has 0 radical (unpaired) electrons. The van der Waals surface area contributed by atoms with Crippen LogP contribution in [0.25, 0.3) is 0 Å². The fourth-order valence-electron chi connectivity index (χ4n) is 4.19. The van der Waals surface area contributed by atoms with E-state index in [-0.39, 0.29) is 17.9 Å². The van der Waals surface area contributed by atoms with Crippen LogP contribution in [-0.4, -0.2) is 47.3 Å². The molecule has 4 heterocycles. The first-order valence-corrected chi connectivity index (χ1v) is 8.77. The van der Waals surface area contributed by atoms with Crippen molar-refractivity contribution in [1.82, 2.24) is 9.80 Å². The Morgan fingerprint density at radius 2 is 1.96 bits per heavy atom. The van der Waals surface area contributed by atoms with Gasteiger partial charge in [-0.15, -0.1) is 0 Å². The van der Waals surface area contributed by atoms with Crippen LogP contribution in [0.15, 0.2) is 16.7 Å². The van der Waals surface area contributed by atoms with Gasteiger partial charge in [0.05, 0.1) is 11.8 Å². The molecule has 0 N–H and O–H groups in total. The van der Waals surface area contributed by atoms with E-state index in [1.165, 1.54) is 6.42 Å². The van der Waals surface area contributed by atoms with Gasteiger partial charge in [-0.2, -0.15) is 0 Å². The highest BCUT2D eigenvalue weighted by Crippen LogP contribution is 2.33. The Kier molecular flexibility index (Phi) is 3.66. The highest BCUT2D eigenvalue weighted by atomic mass is 16.3. The van der Waals surface area contributed by atoms with E-state index >= 15 is 0 Å². The molecule has 2 unspecified atom stereocenters. The molecule has 5 heteroatoms. The lowest BCUT2D eigenvalue weighted by molar-refractivity contribution is -0.138. The molecular weight excluding hydrogens is 292 g/mol. The first kappa shape index (κ1) is 14.8. The number of aryl methyl sites for hydroxylation is 1. The van der Waals surface area contributed by atoms with Crippen LogP contribution < -0.4 is 0 Å². The van der Waals surface area contributed by atoms with Crippen LogP contribution in [0.2, 0.25) is 0 Å². The van der Waals surface area contributed by atoms with E-state index in [4.69, 9.17) is 4.42 Å². The van der Waals surface area contributed by atoms with Crippen molar-refractivity contribution in [3.05, 3.63) is 23.7 Å². The summed E-state index contributed by atoms with van der Waals surface area (Å²) in [6, 6.07) is 1.91. The van der Waals surface area contributed by atoms with Gasteiger partial charge in [-0.3, -0.25) is 9.59 Å². The number of carbonyl (C=O) groups excluding carboxylic acids is 2. The lowest BCUT2D eigenvalue weighted by Crippen LogP contribution is -2.48. The van der Waals surface area contributed by atoms with Gasteiger partial charge in [-0.1, -0.05) is 6.42 Å². The molecule has 4 fully saturated rings. The second kappa shape index (κ2) is 5.69. The SMILES string of the molecule is Cc1occc1C(=O)N1CC2CCC1CN(C(=O)C1CCC1)C2. The molecule has 5 rings (SSSR count). The van der Waals surface area contributed by atoms with E-state index in [1.807, 2.05) is 16.7 Å². The van der Waals surface area contributed by atoms with Gasteiger partial charge in [-0.25, -0.2) is 0 Å². The van der Waals surface area contributed by atoms with Crippen molar-refractivity contribution in [1.29, 1.82) is 0 Å². The first-order chi connectivity index (χ1) is 11.1. The molecule has 5 nitrogen and oxygen atoms in total. The quantitative estimate of drug-likeness (QED) is 0.842. The number of rotatable bonds is 2. The Bertz CT molecular complexity index is 620. The molecular formula is C18H24N2O3. The van der Waals surface area contributed by atoms with Gasteiger partial charge in [0.2, 0.25) is 5.91 Å². The number of amides is 2. The molecule has 2 atom stereocenters. The lowest BCUT2D eigenvalue weighted by Gasteiger charge is -2.36. The number of carbonyl (C=O) groups is 2. The summed E-state index contributed by atoms with van der Waals surface area (Å²) in [5.41, 5.74) is 0.661. The fraction of sp³-hybridized carbons (Fsp3) is 0.667. The minimum atomic E-state index is 0.0592. The summed E-state index contributed by atoms with van der Waals surface area (Å²) in [7, 11) is 0. The summed E-state index contributed by atoms with van der Waals surface area (Å²) < 4.78 is 5.29. The molecule has 0 spiro atoms. The van der Waals surface area contributed by atoms with Crippen LogP contribution in [0.3, 0.4) is 0 Å². The molecule has 3 aliphatic heterocycles. The van der Waals surface area contributed by atoms with Gasteiger partial charge in [-0.05, 0) is 44.6 Å². The molecule has 4 aliphatic rings. The molecule has 0 aromatic carbocycles. The second-order valence-electron chi connectivity index (χ2n) is 7.32. The molecule has 23 heavy (non-hydrogen) atoms. The standard InChI is InChI=1S/C18H24N2O3/c1-12-16(7-8-23-12)18(22)20-10-13-5-6-15(20)11-19(9-13)17(21)14-3-2-4-14/h7-8,13-15H,2-6,9-11H2,1H3. The van der Waals surface area contributed by atoms with E-state index in [1.54, 1.807) is 12.3 Å². The van der Waals surface area contributed by atoms with Crippen molar-refractivity contribution < 1.29 is 14.0 Å². The fourth-order valence-corrected chi connectivity index (χ4v) is 4.19. The monoisotopic (exact) mass is 316 g/mol. The Morgan fingerprint density at radius 1 is 1.13 bits per heavy atom.